The first-order valence-electron chi connectivity index (χ1n) is 11.0. The van der Waals surface area contributed by atoms with Gasteiger partial charge >= 0.3 is 0 Å². The van der Waals surface area contributed by atoms with Gasteiger partial charge in [-0.1, -0.05) is 0 Å². The number of aromatic amines is 1. The lowest BCUT2D eigenvalue weighted by molar-refractivity contribution is 0.195. The van der Waals surface area contributed by atoms with Crippen LogP contribution in [0.4, 0.5) is 0 Å². The molecule has 7 heteroatoms. The molecule has 1 aliphatic heterocycles. The molecule has 3 aromatic rings. The fraction of sp³-hybridized carbons (Fsp3) is 0.591. The zero-order chi connectivity index (χ0) is 19.6. The third kappa shape index (κ3) is 3.81. The highest BCUT2D eigenvalue weighted by atomic mass is 15.1. The number of fused-ring (bicyclic) bond motifs is 3. The van der Waals surface area contributed by atoms with Crippen LogP contribution in [0.25, 0.3) is 22.1 Å². The Morgan fingerprint density at radius 3 is 2.72 bits per heavy atom. The van der Waals surface area contributed by atoms with E-state index in [4.69, 9.17) is 0 Å². The fourth-order valence-corrected chi connectivity index (χ4v) is 5.14. The Balaban J connectivity index is 1.19. The van der Waals surface area contributed by atoms with Crippen LogP contribution in [0.1, 0.15) is 44.6 Å². The maximum Gasteiger partial charge on any atom is 0.139 e. The Kier molecular flexibility index (Phi) is 5.33. The van der Waals surface area contributed by atoms with Crippen LogP contribution in [0.3, 0.4) is 0 Å². The second-order valence-electron chi connectivity index (χ2n) is 8.57. The van der Waals surface area contributed by atoms with E-state index >= 15 is 0 Å². The van der Waals surface area contributed by atoms with E-state index in [0.717, 1.165) is 17.7 Å². The average Bonchev–Trinajstić information content (AvgIpc) is 3.40. The molecule has 2 fully saturated rings. The summed E-state index contributed by atoms with van der Waals surface area (Å²) in [6.07, 6.45) is 15.3. The van der Waals surface area contributed by atoms with E-state index in [9.17, 15) is 0 Å². The summed E-state index contributed by atoms with van der Waals surface area (Å²) >= 11 is 0. The van der Waals surface area contributed by atoms with Crippen molar-refractivity contribution in [2.75, 3.05) is 26.7 Å². The molecule has 5 rings (SSSR count). The van der Waals surface area contributed by atoms with Crippen LogP contribution < -0.4 is 5.32 Å². The Hall–Kier alpha value is -2.25. The van der Waals surface area contributed by atoms with Crippen molar-refractivity contribution in [1.82, 2.24) is 29.7 Å². The maximum atomic E-state index is 4.62. The highest BCUT2D eigenvalue weighted by Gasteiger charge is 2.27. The molecule has 4 heterocycles. The number of piperidine rings is 1. The number of pyridine rings is 1. The first-order chi connectivity index (χ1) is 14.3. The topological polar surface area (TPSA) is 74.1 Å². The Morgan fingerprint density at radius 1 is 1.14 bits per heavy atom. The minimum Gasteiger partial charge on any atom is -0.346 e. The molecule has 2 N–H and O–H groups in total. The fourth-order valence-electron chi connectivity index (χ4n) is 5.14. The Labute approximate surface area is 171 Å². The number of imidazole rings is 1. The molecule has 0 bridgehead atoms. The largest absolute Gasteiger partial charge is 0.346 e. The summed E-state index contributed by atoms with van der Waals surface area (Å²) in [7, 11) is 1.86. The van der Waals surface area contributed by atoms with Crippen molar-refractivity contribution in [3.63, 3.8) is 0 Å². The zero-order valence-electron chi connectivity index (χ0n) is 17.2. The van der Waals surface area contributed by atoms with Crippen LogP contribution in [0.5, 0.6) is 0 Å². The van der Waals surface area contributed by atoms with Crippen LogP contribution in [0, 0.1) is 0 Å². The molecular formula is C22H31N7. The zero-order valence-corrected chi connectivity index (χ0v) is 17.2. The van der Waals surface area contributed by atoms with Crippen LogP contribution in [0.15, 0.2) is 29.8 Å². The molecule has 29 heavy (non-hydrogen) atoms. The van der Waals surface area contributed by atoms with Crippen LogP contribution >= 0.6 is 0 Å². The molecule has 154 valence electrons. The SMILES string of the molecule is CN=CCN1CCC(NC2CCC(n3cnc4cnc5[nH]ccc5c43)CC2)CC1. The van der Waals surface area contributed by atoms with Gasteiger partial charge in [0, 0.05) is 62.6 Å². The number of hydrogen-bond acceptors (Lipinski definition) is 5. The molecule has 0 amide bonds. The van der Waals surface area contributed by atoms with Crippen molar-refractivity contribution < 1.29 is 0 Å². The molecule has 7 nitrogen and oxygen atoms in total. The second kappa shape index (κ2) is 8.24. The lowest BCUT2D eigenvalue weighted by atomic mass is 9.89. The molecule has 2 aliphatic rings. The van der Waals surface area contributed by atoms with Gasteiger partial charge in [-0.3, -0.25) is 9.89 Å². The standard InChI is InChI=1S/C22H31N7/c1-23-10-13-28-11-7-17(8-12-28)27-16-2-4-18(5-3-16)29-15-26-20-14-25-22-19(21(20)29)6-9-24-22/h6,9-10,14-18,27H,2-5,7-8,11-13H2,1H3,(H,24,25). The lowest BCUT2D eigenvalue weighted by Gasteiger charge is -2.36. The Bertz CT molecular complexity index is 972. The van der Waals surface area contributed by atoms with E-state index in [0.29, 0.717) is 18.1 Å². The van der Waals surface area contributed by atoms with Crippen molar-refractivity contribution >= 4 is 28.3 Å². The molecule has 1 aliphatic carbocycles. The van der Waals surface area contributed by atoms with Gasteiger partial charge < -0.3 is 14.9 Å². The number of rotatable bonds is 5. The normalized spacial score (nSPS) is 24.9. The number of nitrogens with zero attached hydrogens (tertiary/aromatic N) is 5. The van der Waals surface area contributed by atoms with Gasteiger partial charge in [0.1, 0.15) is 11.2 Å². The number of hydrogen-bond donors (Lipinski definition) is 2. The van der Waals surface area contributed by atoms with Gasteiger partial charge in [-0.05, 0) is 44.6 Å². The molecule has 1 saturated heterocycles. The minimum atomic E-state index is 0.536. The van der Waals surface area contributed by atoms with Gasteiger partial charge in [0.25, 0.3) is 0 Å². The smallest absolute Gasteiger partial charge is 0.139 e. The first kappa shape index (κ1) is 18.8. The molecule has 0 radical (unpaired) electrons. The maximum absolute atomic E-state index is 4.62. The molecule has 0 atom stereocenters. The van der Waals surface area contributed by atoms with Crippen LogP contribution in [-0.2, 0) is 0 Å². The highest BCUT2D eigenvalue weighted by Crippen LogP contribution is 2.33. The predicted octanol–water partition coefficient (Wildman–Crippen LogP) is 3.15. The number of H-pyrrole nitrogens is 1. The van der Waals surface area contributed by atoms with Gasteiger partial charge in [-0.15, -0.1) is 0 Å². The summed E-state index contributed by atoms with van der Waals surface area (Å²) in [5.41, 5.74) is 3.18. The summed E-state index contributed by atoms with van der Waals surface area (Å²) in [4.78, 5) is 18.9. The number of aliphatic imine (C=N–C) groups is 1. The van der Waals surface area contributed by atoms with E-state index in [2.05, 4.69) is 40.8 Å². The molecular weight excluding hydrogens is 362 g/mol. The van der Waals surface area contributed by atoms with E-state index in [1.807, 2.05) is 32.0 Å². The van der Waals surface area contributed by atoms with E-state index in [-0.39, 0.29) is 0 Å². The van der Waals surface area contributed by atoms with Crippen molar-refractivity contribution in [2.24, 2.45) is 4.99 Å². The van der Waals surface area contributed by atoms with Crippen molar-refractivity contribution in [3.05, 3.63) is 24.8 Å². The number of nitrogens with one attached hydrogen (secondary N) is 2. The third-order valence-corrected chi connectivity index (χ3v) is 6.79. The molecule has 0 unspecified atom stereocenters. The predicted molar refractivity (Wildman–Crippen MR) is 118 cm³/mol. The van der Waals surface area contributed by atoms with E-state index in [1.165, 1.54) is 62.5 Å². The minimum absolute atomic E-state index is 0.536. The first-order valence-corrected chi connectivity index (χ1v) is 11.0. The lowest BCUT2D eigenvalue weighted by Crippen LogP contribution is -2.47. The van der Waals surface area contributed by atoms with Gasteiger partial charge in [-0.25, -0.2) is 9.97 Å². The quantitative estimate of drug-likeness (QED) is 0.653. The van der Waals surface area contributed by atoms with E-state index in [1.54, 1.807) is 0 Å². The number of likely N-dealkylation sites (tertiary alicyclic amines) is 1. The van der Waals surface area contributed by atoms with Gasteiger partial charge in [0.2, 0.25) is 0 Å². The van der Waals surface area contributed by atoms with Crippen molar-refractivity contribution in [1.29, 1.82) is 0 Å². The highest BCUT2D eigenvalue weighted by molar-refractivity contribution is 6.00. The van der Waals surface area contributed by atoms with Crippen molar-refractivity contribution in [3.8, 4) is 0 Å². The average molecular weight is 394 g/mol. The molecule has 0 aromatic carbocycles. The van der Waals surface area contributed by atoms with Crippen LogP contribution in [-0.4, -0.2) is 69.4 Å². The van der Waals surface area contributed by atoms with Crippen LogP contribution in [0.2, 0.25) is 0 Å². The number of aromatic nitrogens is 4. The summed E-state index contributed by atoms with van der Waals surface area (Å²) in [6, 6.07) is 3.98. The van der Waals surface area contributed by atoms with Gasteiger partial charge in [-0.2, -0.15) is 0 Å². The second-order valence-corrected chi connectivity index (χ2v) is 8.57. The van der Waals surface area contributed by atoms with Crippen molar-refractivity contribution in [2.45, 2.75) is 56.7 Å². The summed E-state index contributed by atoms with van der Waals surface area (Å²) in [5, 5.41) is 5.14. The molecule has 0 spiro atoms. The summed E-state index contributed by atoms with van der Waals surface area (Å²) < 4.78 is 2.40. The van der Waals surface area contributed by atoms with E-state index < -0.39 is 0 Å². The third-order valence-electron chi connectivity index (χ3n) is 6.79. The Morgan fingerprint density at radius 2 is 1.93 bits per heavy atom. The molecule has 3 aromatic heterocycles. The molecule has 1 saturated carbocycles. The van der Waals surface area contributed by atoms with Gasteiger partial charge in [0.15, 0.2) is 0 Å². The van der Waals surface area contributed by atoms with Gasteiger partial charge in [0.05, 0.1) is 18.0 Å². The summed E-state index contributed by atoms with van der Waals surface area (Å²) in [5.74, 6) is 0. The monoisotopic (exact) mass is 393 g/mol. The summed E-state index contributed by atoms with van der Waals surface area (Å²) in [6.45, 7) is 3.36.